The van der Waals surface area contributed by atoms with Gasteiger partial charge in [-0.2, -0.15) is 0 Å². The monoisotopic (exact) mass is 572 g/mol. The van der Waals surface area contributed by atoms with Crippen LogP contribution in [0, 0.1) is 0 Å². The molecule has 0 saturated carbocycles. The van der Waals surface area contributed by atoms with Crippen molar-refractivity contribution < 1.29 is 33.3 Å². The van der Waals surface area contributed by atoms with E-state index in [9.17, 15) is 14.4 Å². The third kappa shape index (κ3) is 11.6. The molecule has 3 aromatic carbocycles. The fourth-order valence-electron chi connectivity index (χ4n) is 3.44. The predicted molar refractivity (Wildman–Crippen MR) is 161 cm³/mol. The van der Waals surface area contributed by atoms with E-state index in [1.54, 1.807) is 18.2 Å². The lowest BCUT2D eigenvalue weighted by molar-refractivity contribution is -0.139. The quantitative estimate of drug-likeness (QED) is 0.0813. The summed E-state index contributed by atoms with van der Waals surface area (Å²) in [5, 5.41) is -0.0810. The highest BCUT2D eigenvalue weighted by Gasteiger charge is 2.04. The van der Waals surface area contributed by atoms with Gasteiger partial charge in [0.1, 0.15) is 24.7 Å². The highest BCUT2D eigenvalue weighted by Crippen LogP contribution is 2.27. The van der Waals surface area contributed by atoms with Crippen LogP contribution in [0.3, 0.4) is 0 Å². The third-order valence-electron chi connectivity index (χ3n) is 5.53. The summed E-state index contributed by atoms with van der Waals surface area (Å²) in [6, 6.07) is 22.9. The number of hydrogen-bond donors (Lipinski definition) is 0. The summed E-state index contributed by atoms with van der Waals surface area (Å²) in [4.78, 5) is 35.3. The Labute approximate surface area is 244 Å². The summed E-state index contributed by atoms with van der Waals surface area (Å²) in [7, 11) is 0. The lowest BCUT2D eigenvalue weighted by Gasteiger charge is -2.08. The zero-order chi connectivity index (χ0) is 29.3. The topological polar surface area (TPSA) is 88.1 Å². The number of thioether (sulfide) groups is 1. The molecule has 0 N–H and O–H groups in total. The van der Waals surface area contributed by atoms with E-state index in [2.05, 4.69) is 13.2 Å². The molecule has 0 aliphatic rings. The molecule has 0 aliphatic carbocycles. The van der Waals surface area contributed by atoms with Crippen LogP contribution in [0.15, 0.2) is 109 Å². The molecule has 3 aromatic rings. The molecule has 0 aromatic heterocycles. The molecule has 0 atom stereocenters. The van der Waals surface area contributed by atoms with Crippen molar-refractivity contribution in [1.29, 1.82) is 0 Å². The van der Waals surface area contributed by atoms with E-state index in [1.807, 2.05) is 60.7 Å². The zero-order valence-corrected chi connectivity index (χ0v) is 23.5. The Bertz CT molecular complexity index is 1330. The van der Waals surface area contributed by atoms with Crippen molar-refractivity contribution in [3.05, 3.63) is 110 Å². The Hall–Kier alpha value is -4.56. The molecule has 7 nitrogen and oxygen atoms in total. The summed E-state index contributed by atoms with van der Waals surface area (Å²) in [6.45, 7) is 7.96. The fraction of sp³-hybridized carbons (Fsp3) is 0.182. The molecule has 0 aliphatic heterocycles. The van der Waals surface area contributed by atoms with Gasteiger partial charge in [0.2, 0.25) is 5.12 Å². The van der Waals surface area contributed by atoms with Crippen LogP contribution in [0.5, 0.6) is 11.5 Å². The number of benzene rings is 3. The molecule has 0 heterocycles. The Kier molecular flexibility index (Phi) is 13.0. The van der Waals surface area contributed by atoms with Crippen LogP contribution in [0.2, 0.25) is 0 Å². The summed E-state index contributed by atoms with van der Waals surface area (Å²) in [6.07, 6.45) is 7.05. The fourth-order valence-corrected chi connectivity index (χ4v) is 4.08. The standard InChI is InChI=1S/C33H32O7S/c1-3-31(34)39-22-6-5-21-37-29-16-10-26(11-17-29)27-12-18-30(19-13-27)41-33(36)20-9-25-7-14-28(15-8-25)38-23-24-40-32(35)4-2/h3-4,7-20H,1-2,5-6,21-24H2/b20-9+. The maximum atomic E-state index is 12.5. The van der Waals surface area contributed by atoms with Crippen LogP contribution in [0.1, 0.15) is 18.4 Å². The molecular weight excluding hydrogens is 540 g/mol. The number of ether oxygens (including phenoxy) is 4. The smallest absolute Gasteiger partial charge is 0.330 e. The van der Waals surface area contributed by atoms with Crippen LogP contribution in [0.4, 0.5) is 0 Å². The maximum Gasteiger partial charge on any atom is 0.330 e. The summed E-state index contributed by atoms with van der Waals surface area (Å²) in [5.74, 6) is 0.515. The van der Waals surface area contributed by atoms with E-state index in [0.717, 1.165) is 64.1 Å². The van der Waals surface area contributed by atoms with Gasteiger partial charge in [-0.25, -0.2) is 9.59 Å². The van der Waals surface area contributed by atoms with Crippen molar-refractivity contribution in [2.75, 3.05) is 26.4 Å². The lowest BCUT2D eigenvalue weighted by Crippen LogP contribution is -2.10. The number of unbranched alkanes of at least 4 members (excludes halogenated alkanes) is 1. The average molecular weight is 573 g/mol. The summed E-state index contributed by atoms with van der Waals surface area (Å²) in [5.41, 5.74) is 2.94. The van der Waals surface area contributed by atoms with Gasteiger partial charge in [0.15, 0.2) is 0 Å². The molecule has 41 heavy (non-hydrogen) atoms. The molecule has 0 bridgehead atoms. The van der Waals surface area contributed by atoms with Crippen LogP contribution in [-0.2, 0) is 23.9 Å². The normalized spacial score (nSPS) is 10.5. The maximum absolute atomic E-state index is 12.5. The number of rotatable bonds is 16. The van der Waals surface area contributed by atoms with E-state index in [-0.39, 0.29) is 18.3 Å². The van der Waals surface area contributed by atoms with Crippen molar-refractivity contribution in [3.8, 4) is 22.6 Å². The van der Waals surface area contributed by atoms with Gasteiger partial charge in [0.05, 0.1) is 13.2 Å². The second kappa shape index (κ2) is 17.2. The van der Waals surface area contributed by atoms with Gasteiger partial charge < -0.3 is 18.9 Å². The first kappa shape index (κ1) is 31.0. The van der Waals surface area contributed by atoms with Gasteiger partial charge in [-0.15, -0.1) is 0 Å². The average Bonchev–Trinajstić information content (AvgIpc) is 3.01. The third-order valence-corrected chi connectivity index (χ3v) is 6.38. The highest BCUT2D eigenvalue weighted by molar-refractivity contribution is 8.14. The molecule has 212 valence electrons. The predicted octanol–water partition coefficient (Wildman–Crippen LogP) is 6.68. The van der Waals surface area contributed by atoms with Crippen LogP contribution in [-0.4, -0.2) is 43.5 Å². The molecule has 3 rings (SSSR count). The van der Waals surface area contributed by atoms with E-state index in [1.165, 1.54) is 6.08 Å². The summed E-state index contributed by atoms with van der Waals surface area (Å²) < 4.78 is 21.1. The number of hydrogen-bond acceptors (Lipinski definition) is 8. The molecular formula is C33H32O7S. The van der Waals surface area contributed by atoms with E-state index < -0.39 is 11.9 Å². The number of esters is 2. The van der Waals surface area contributed by atoms with Crippen molar-refractivity contribution in [2.45, 2.75) is 17.7 Å². The van der Waals surface area contributed by atoms with Gasteiger partial charge >= 0.3 is 11.9 Å². The second-order valence-electron chi connectivity index (χ2n) is 8.52. The van der Waals surface area contributed by atoms with Crippen LogP contribution < -0.4 is 9.47 Å². The molecule has 0 unspecified atom stereocenters. The Balaban J connectivity index is 1.40. The van der Waals surface area contributed by atoms with Crippen molar-refractivity contribution in [1.82, 2.24) is 0 Å². The molecule has 0 spiro atoms. The van der Waals surface area contributed by atoms with Gasteiger partial charge in [0, 0.05) is 17.0 Å². The second-order valence-corrected chi connectivity index (χ2v) is 9.60. The van der Waals surface area contributed by atoms with Gasteiger partial charge in [-0.05, 0) is 83.8 Å². The first-order valence-electron chi connectivity index (χ1n) is 13.0. The van der Waals surface area contributed by atoms with Gasteiger partial charge in [-0.1, -0.05) is 55.6 Å². The van der Waals surface area contributed by atoms with Crippen LogP contribution in [0.25, 0.3) is 17.2 Å². The SMILES string of the molecule is C=CC(=O)OCCCCOc1ccc(-c2ccc(SC(=O)/C=C/c3ccc(OCCOC(=O)C=C)cc3)cc2)cc1. The molecule has 0 radical (unpaired) electrons. The molecule has 0 saturated heterocycles. The van der Waals surface area contributed by atoms with Crippen molar-refractivity contribution in [2.24, 2.45) is 0 Å². The van der Waals surface area contributed by atoms with E-state index in [4.69, 9.17) is 18.9 Å². The van der Waals surface area contributed by atoms with Gasteiger partial charge in [0.25, 0.3) is 0 Å². The number of carbonyl (C=O) groups is 3. The minimum absolute atomic E-state index is 0.0810. The Morgan fingerprint density at radius 3 is 1.76 bits per heavy atom. The Morgan fingerprint density at radius 1 is 0.634 bits per heavy atom. The molecule has 0 fully saturated rings. The van der Waals surface area contributed by atoms with E-state index in [0.29, 0.717) is 19.0 Å². The molecule has 0 amide bonds. The van der Waals surface area contributed by atoms with Crippen LogP contribution >= 0.6 is 11.8 Å². The summed E-state index contributed by atoms with van der Waals surface area (Å²) >= 11 is 1.16. The lowest BCUT2D eigenvalue weighted by atomic mass is 10.1. The van der Waals surface area contributed by atoms with Gasteiger partial charge in [-0.3, -0.25) is 4.79 Å². The van der Waals surface area contributed by atoms with Crippen molar-refractivity contribution in [3.63, 3.8) is 0 Å². The minimum Gasteiger partial charge on any atom is -0.494 e. The molecule has 8 heteroatoms. The van der Waals surface area contributed by atoms with Crippen molar-refractivity contribution >= 4 is 34.9 Å². The first-order valence-corrected chi connectivity index (χ1v) is 13.8. The highest BCUT2D eigenvalue weighted by atomic mass is 32.2. The first-order chi connectivity index (χ1) is 20.0. The van der Waals surface area contributed by atoms with E-state index >= 15 is 0 Å². The largest absolute Gasteiger partial charge is 0.494 e. The zero-order valence-electron chi connectivity index (χ0n) is 22.7. The number of carbonyl (C=O) groups excluding carboxylic acids is 3. The minimum atomic E-state index is -0.486. The Morgan fingerprint density at radius 2 is 1.15 bits per heavy atom.